The summed E-state index contributed by atoms with van der Waals surface area (Å²) < 4.78 is 17.3. The molecular weight excluding hydrogens is 516 g/mol. The second kappa shape index (κ2) is 14.3. The highest BCUT2D eigenvalue weighted by molar-refractivity contribution is 5.96. The van der Waals surface area contributed by atoms with E-state index >= 15 is 0 Å². The summed E-state index contributed by atoms with van der Waals surface area (Å²) >= 11 is 0. The van der Waals surface area contributed by atoms with E-state index in [0.29, 0.717) is 66.7 Å². The Morgan fingerprint density at radius 3 is 2.65 bits per heavy atom. The molecule has 2 amide bonds. The summed E-state index contributed by atoms with van der Waals surface area (Å²) in [4.78, 5) is 28.8. The number of fused-ring (bicyclic) bond motifs is 3. The van der Waals surface area contributed by atoms with E-state index < -0.39 is 30.1 Å². The molecule has 0 aromatic heterocycles. The molecule has 0 radical (unpaired) electrons. The Bertz CT molecular complexity index is 1050. The van der Waals surface area contributed by atoms with Gasteiger partial charge in [-0.1, -0.05) is 25.7 Å². The lowest BCUT2D eigenvalue weighted by atomic mass is 9.77. The van der Waals surface area contributed by atoms with Crippen LogP contribution < -0.4 is 14.8 Å². The van der Waals surface area contributed by atoms with Crippen molar-refractivity contribution in [2.75, 3.05) is 40.0 Å². The molecule has 0 saturated heterocycles. The minimum Gasteiger partial charge on any atom is -0.493 e. The van der Waals surface area contributed by atoms with Crippen molar-refractivity contribution in [3.63, 3.8) is 0 Å². The Kier molecular flexibility index (Phi) is 10.8. The van der Waals surface area contributed by atoms with E-state index in [1.165, 1.54) is 20.0 Å². The molecule has 10 nitrogen and oxygen atoms in total. The fraction of sp³-hybridized carbons (Fsp3) is 0.667. The van der Waals surface area contributed by atoms with Gasteiger partial charge in [0.2, 0.25) is 11.8 Å². The third-order valence-electron chi connectivity index (χ3n) is 8.31. The number of hydrogen-bond acceptors (Lipinski definition) is 8. The Hall–Kier alpha value is -2.66. The number of hydrogen-bond donors (Lipinski definition) is 4. The van der Waals surface area contributed by atoms with Crippen LogP contribution in [-0.2, 0) is 20.9 Å². The van der Waals surface area contributed by atoms with Crippen molar-refractivity contribution >= 4 is 11.8 Å². The second-order valence-electron chi connectivity index (χ2n) is 10.8. The molecular formula is C30H44N2O8. The Morgan fingerprint density at radius 2 is 1.98 bits per heavy atom. The van der Waals surface area contributed by atoms with Gasteiger partial charge in [-0.25, -0.2) is 0 Å². The number of nitrogens with zero attached hydrogens (tertiary/aromatic N) is 1. The number of methoxy groups -OCH3 is 1. The molecule has 4 atom stereocenters. The van der Waals surface area contributed by atoms with Crippen molar-refractivity contribution in [2.24, 2.45) is 5.92 Å². The highest BCUT2D eigenvalue weighted by Gasteiger charge is 2.51. The topological polar surface area (TPSA) is 138 Å². The van der Waals surface area contributed by atoms with Crippen molar-refractivity contribution < 1.29 is 39.1 Å². The lowest BCUT2D eigenvalue weighted by Gasteiger charge is -2.41. The van der Waals surface area contributed by atoms with Gasteiger partial charge < -0.3 is 39.7 Å². The molecule has 2 aliphatic carbocycles. The Balaban J connectivity index is 1.69. The number of benzene rings is 1. The van der Waals surface area contributed by atoms with Crippen LogP contribution >= 0.6 is 0 Å². The average molecular weight is 561 g/mol. The molecule has 3 aliphatic rings. The zero-order valence-corrected chi connectivity index (χ0v) is 23.6. The van der Waals surface area contributed by atoms with Crippen LogP contribution in [0.3, 0.4) is 0 Å². The van der Waals surface area contributed by atoms with Crippen molar-refractivity contribution in [3.05, 3.63) is 34.9 Å². The van der Waals surface area contributed by atoms with Crippen LogP contribution in [0.4, 0.5) is 0 Å². The number of carbonyl (C=O) groups is 2. The predicted molar refractivity (Wildman–Crippen MR) is 148 cm³/mol. The highest BCUT2D eigenvalue weighted by Crippen LogP contribution is 2.51. The molecule has 1 saturated carbocycles. The van der Waals surface area contributed by atoms with E-state index in [-0.39, 0.29) is 25.7 Å². The summed E-state index contributed by atoms with van der Waals surface area (Å²) in [5, 5.41) is 33.6. The van der Waals surface area contributed by atoms with E-state index in [4.69, 9.17) is 14.2 Å². The van der Waals surface area contributed by atoms with Gasteiger partial charge in [-0.05, 0) is 49.5 Å². The lowest BCUT2D eigenvalue weighted by molar-refractivity contribution is -0.137. The van der Waals surface area contributed by atoms with Crippen molar-refractivity contribution in [3.8, 4) is 11.5 Å². The molecule has 1 heterocycles. The first-order chi connectivity index (χ1) is 19.4. The van der Waals surface area contributed by atoms with Crippen LogP contribution in [0.1, 0.15) is 68.9 Å². The fourth-order valence-electron chi connectivity index (χ4n) is 6.31. The number of carbonyl (C=O) groups excluding carboxylic acids is 2. The van der Waals surface area contributed by atoms with Gasteiger partial charge in [-0.3, -0.25) is 9.59 Å². The van der Waals surface area contributed by atoms with Gasteiger partial charge in [0.25, 0.3) is 0 Å². The lowest BCUT2D eigenvalue weighted by Crippen LogP contribution is -2.56. The van der Waals surface area contributed by atoms with Crippen LogP contribution in [0.5, 0.6) is 11.5 Å². The maximum Gasteiger partial charge on any atom is 0.247 e. The highest BCUT2D eigenvalue weighted by atomic mass is 16.5. The van der Waals surface area contributed by atoms with Crippen molar-refractivity contribution in [2.45, 2.75) is 82.6 Å². The van der Waals surface area contributed by atoms with Gasteiger partial charge in [0.05, 0.1) is 32.3 Å². The van der Waals surface area contributed by atoms with Crippen LogP contribution in [0, 0.1) is 5.92 Å². The van der Waals surface area contributed by atoms with Gasteiger partial charge in [-0.2, -0.15) is 0 Å². The summed E-state index contributed by atoms with van der Waals surface area (Å²) in [7, 11) is 1.50. The number of aliphatic hydroxyl groups excluding tert-OH is 3. The Labute approximate surface area is 236 Å². The van der Waals surface area contributed by atoms with Gasteiger partial charge in [0.15, 0.2) is 11.5 Å². The quantitative estimate of drug-likeness (QED) is 0.254. The predicted octanol–water partition coefficient (Wildman–Crippen LogP) is 2.04. The van der Waals surface area contributed by atoms with E-state index in [1.807, 2.05) is 6.92 Å². The maximum atomic E-state index is 13.7. The first-order valence-corrected chi connectivity index (χ1v) is 14.6. The van der Waals surface area contributed by atoms with Gasteiger partial charge in [0.1, 0.15) is 12.2 Å². The number of aliphatic hydroxyl groups is 3. The van der Waals surface area contributed by atoms with E-state index in [1.54, 1.807) is 23.1 Å². The number of nitrogens with one attached hydrogen (secondary N) is 1. The minimum atomic E-state index is -1.11. The fourth-order valence-corrected chi connectivity index (χ4v) is 6.31. The van der Waals surface area contributed by atoms with Crippen LogP contribution in [0.2, 0.25) is 0 Å². The molecule has 0 spiro atoms. The number of rotatable bonds is 14. The third kappa shape index (κ3) is 6.62. The molecule has 1 aromatic carbocycles. The minimum absolute atomic E-state index is 0.0621. The maximum absolute atomic E-state index is 13.7. The van der Waals surface area contributed by atoms with E-state index in [0.717, 1.165) is 19.3 Å². The molecule has 40 heavy (non-hydrogen) atoms. The zero-order chi connectivity index (χ0) is 28.6. The van der Waals surface area contributed by atoms with Gasteiger partial charge in [0, 0.05) is 43.9 Å². The summed E-state index contributed by atoms with van der Waals surface area (Å²) in [6, 6.07) is 2.64. The van der Waals surface area contributed by atoms with Crippen LogP contribution in [-0.4, -0.2) is 90.3 Å². The smallest absolute Gasteiger partial charge is 0.247 e. The van der Waals surface area contributed by atoms with Crippen molar-refractivity contribution in [1.29, 1.82) is 0 Å². The average Bonchev–Trinajstić information content (AvgIpc) is 3.63. The number of ether oxygens (including phenoxy) is 3. The van der Waals surface area contributed by atoms with Crippen molar-refractivity contribution in [1.82, 2.24) is 10.2 Å². The second-order valence-corrected chi connectivity index (χ2v) is 10.8. The zero-order valence-electron chi connectivity index (χ0n) is 23.6. The molecule has 0 bridgehead atoms. The summed E-state index contributed by atoms with van der Waals surface area (Å²) in [5.41, 5.74) is 1.57. The molecule has 1 aromatic rings. The molecule has 4 rings (SSSR count). The molecule has 4 N–H and O–H groups in total. The summed E-state index contributed by atoms with van der Waals surface area (Å²) in [5.74, 6) is 0.249. The van der Waals surface area contributed by atoms with Crippen LogP contribution in [0.15, 0.2) is 23.8 Å². The first kappa shape index (κ1) is 30.3. The SMILES string of the molecule is CCOCCCN(C(=O)CCC1CCCC1)[C@@H]1C=C(C(=O)NCCO)[C@@H]2c3cc(CO)cc(OC)c3O[C@@H]2[C@H]1O. The molecule has 222 valence electrons. The van der Waals surface area contributed by atoms with E-state index in [9.17, 15) is 24.9 Å². The normalized spacial score (nSPS) is 23.7. The van der Waals surface area contributed by atoms with E-state index in [2.05, 4.69) is 5.32 Å². The van der Waals surface area contributed by atoms with Crippen LogP contribution in [0.25, 0.3) is 0 Å². The molecule has 0 unspecified atom stereocenters. The summed E-state index contributed by atoms with van der Waals surface area (Å²) in [6.45, 7) is 2.95. The molecule has 1 fully saturated rings. The summed E-state index contributed by atoms with van der Waals surface area (Å²) in [6.07, 6.45) is 6.20. The molecule has 10 heteroatoms. The largest absolute Gasteiger partial charge is 0.493 e. The van der Waals surface area contributed by atoms with Gasteiger partial charge >= 0.3 is 0 Å². The molecule has 1 aliphatic heterocycles. The standard InChI is InChI=1S/C30H44N2O8/c1-3-39-14-6-12-32(25(35)10-9-19-7-4-5-8-19)23-17-22(30(37)31-11-13-33)26-21-15-20(18-34)16-24(38-2)28(21)40-29(26)27(23)36/h15-17,19,23,26-27,29,33-34,36H,3-14,18H2,1-2H3,(H,31,37)/t23-,26+,27+,29+/m1/s1. The number of amides is 2. The third-order valence-corrected chi connectivity index (χ3v) is 8.31. The Morgan fingerprint density at radius 1 is 1.20 bits per heavy atom. The first-order valence-electron chi connectivity index (χ1n) is 14.6. The monoisotopic (exact) mass is 560 g/mol. The van der Waals surface area contributed by atoms with Gasteiger partial charge in [-0.15, -0.1) is 0 Å².